The molecule has 2 aliphatic heterocycles. The Morgan fingerprint density at radius 3 is 2.89 bits per heavy atom. The van der Waals surface area contributed by atoms with Crippen molar-refractivity contribution in [3.05, 3.63) is 42.6 Å². The van der Waals surface area contributed by atoms with Gasteiger partial charge in [0.2, 0.25) is 0 Å². The van der Waals surface area contributed by atoms with Crippen LogP contribution in [-0.2, 0) is 4.79 Å². The highest BCUT2D eigenvalue weighted by molar-refractivity contribution is 7.98. The maximum Gasteiger partial charge on any atom is 0.266 e. The first-order valence-corrected chi connectivity index (χ1v) is 10.6. The Hall–Kier alpha value is -2.25. The van der Waals surface area contributed by atoms with E-state index in [2.05, 4.69) is 45.7 Å². The lowest BCUT2D eigenvalue weighted by molar-refractivity contribution is -0.901. The molecule has 0 bridgehead atoms. The molecule has 1 aromatic heterocycles. The summed E-state index contributed by atoms with van der Waals surface area (Å²) in [6.45, 7) is 5.17. The molecule has 4 rings (SSSR count). The van der Waals surface area contributed by atoms with Crippen LogP contribution >= 0.6 is 11.8 Å². The number of amides is 1. The van der Waals surface area contributed by atoms with E-state index in [-0.39, 0.29) is 5.91 Å². The van der Waals surface area contributed by atoms with Crippen molar-refractivity contribution in [2.24, 2.45) is 0 Å². The first kappa shape index (κ1) is 18.1. The van der Waals surface area contributed by atoms with E-state index in [9.17, 15) is 4.79 Å². The number of thioether (sulfide) groups is 1. The number of para-hydroxylation sites is 1. The summed E-state index contributed by atoms with van der Waals surface area (Å²) >= 11 is 1.80. The van der Waals surface area contributed by atoms with Gasteiger partial charge < -0.3 is 19.9 Å². The Balaban J connectivity index is 1.29. The van der Waals surface area contributed by atoms with Crippen molar-refractivity contribution in [1.29, 1.82) is 0 Å². The normalized spacial score (nSPS) is 20.0. The molecule has 0 aliphatic carbocycles. The van der Waals surface area contributed by atoms with Gasteiger partial charge in [-0.15, -0.1) is 11.8 Å². The molecule has 2 N–H and O–H groups in total. The maximum atomic E-state index is 12.2. The van der Waals surface area contributed by atoms with Crippen LogP contribution in [-0.4, -0.2) is 56.0 Å². The van der Waals surface area contributed by atoms with Gasteiger partial charge in [0.05, 0.1) is 38.4 Å². The minimum atomic E-state index is -0.426. The molecule has 1 aromatic carbocycles. The fourth-order valence-corrected chi connectivity index (χ4v) is 4.33. The summed E-state index contributed by atoms with van der Waals surface area (Å²) in [6, 6.07) is 12.3. The zero-order valence-electron chi connectivity index (χ0n) is 15.5. The molecule has 0 spiro atoms. The van der Waals surface area contributed by atoms with Gasteiger partial charge in [0.15, 0.2) is 17.7 Å². The molecule has 1 fully saturated rings. The lowest BCUT2D eigenvalue weighted by Gasteiger charge is -2.35. The highest BCUT2D eigenvalue weighted by Gasteiger charge is 2.30. The third-order valence-electron chi connectivity index (χ3n) is 5.23. The van der Waals surface area contributed by atoms with Crippen LogP contribution in [0.5, 0.6) is 5.75 Å². The first-order chi connectivity index (χ1) is 13.2. The molecule has 1 amide bonds. The minimum absolute atomic E-state index is 0.0897. The number of carbonyl (C=O) groups excluding carboxylic acids is 1. The summed E-state index contributed by atoms with van der Waals surface area (Å²) in [7, 11) is 0. The molecular weight excluding hydrogens is 360 g/mol. The van der Waals surface area contributed by atoms with Crippen LogP contribution in [0.2, 0.25) is 0 Å². The number of pyridine rings is 1. The number of nitrogens with one attached hydrogen (secondary N) is 2. The van der Waals surface area contributed by atoms with Crippen LogP contribution in [0.25, 0.3) is 0 Å². The molecule has 3 heterocycles. The highest BCUT2D eigenvalue weighted by Crippen LogP contribution is 2.28. The number of nitrogens with zero attached hydrogens (tertiary/aromatic N) is 2. The minimum Gasteiger partial charge on any atom is -0.476 e. The van der Waals surface area contributed by atoms with E-state index in [4.69, 9.17) is 4.74 Å². The molecule has 142 valence electrons. The standard InChI is InChI=1S/C20H24N4O2S/c1-27-18-7-3-2-5-15(18)24-13-11-23(12-14-24)10-8-17-20(25)22-19-16(26-17)6-4-9-21-19/h2-7,9,17H,8,10-14H2,1H3,(H,21,22,25)/p+1/t17-/m1/s1. The average Bonchev–Trinajstić information content (AvgIpc) is 2.72. The van der Waals surface area contributed by atoms with Gasteiger partial charge in [-0.1, -0.05) is 12.1 Å². The summed E-state index contributed by atoms with van der Waals surface area (Å²) in [5.41, 5.74) is 1.34. The van der Waals surface area contributed by atoms with Crippen molar-refractivity contribution >= 4 is 29.2 Å². The number of benzene rings is 1. The van der Waals surface area contributed by atoms with Gasteiger partial charge in [-0.05, 0) is 30.5 Å². The molecule has 1 atom stereocenters. The van der Waals surface area contributed by atoms with E-state index < -0.39 is 6.10 Å². The monoisotopic (exact) mass is 385 g/mol. The molecule has 1 saturated heterocycles. The Morgan fingerprint density at radius 1 is 1.26 bits per heavy atom. The third kappa shape index (κ3) is 4.04. The van der Waals surface area contributed by atoms with Gasteiger partial charge in [0.1, 0.15) is 0 Å². The van der Waals surface area contributed by atoms with E-state index in [1.54, 1.807) is 18.0 Å². The summed E-state index contributed by atoms with van der Waals surface area (Å²) < 4.78 is 5.85. The highest BCUT2D eigenvalue weighted by atomic mass is 32.2. The van der Waals surface area contributed by atoms with Gasteiger partial charge in [-0.25, -0.2) is 4.98 Å². The second kappa shape index (κ2) is 8.19. The Bertz CT molecular complexity index is 808. The number of fused-ring (bicyclic) bond motifs is 1. The zero-order valence-corrected chi connectivity index (χ0v) is 16.3. The molecule has 6 nitrogen and oxygen atoms in total. The van der Waals surface area contributed by atoms with Crippen LogP contribution in [0.4, 0.5) is 11.5 Å². The van der Waals surface area contributed by atoms with Crippen molar-refractivity contribution in [3.63, 3.8) is 0 Å². The van der Waals surface area contributed by atoms with Crippen molar-refractivity contribution < 1.29 is 14.4 Å². The van der Waals surface area contributed by atoms with Crippen LogP contribution in [0.1, 0.15) is 6.42 Å². The predicted molar refractivity (Wildman–Crippen MR) is 108 cm³/mol. The second-order valence-electron chi connectivity index (χ2n) is 6.89. The number of anilines is 2. The number of aromatic nitrogens is 1. The Labute approximate surface area is 163 Å². The molecule has 7 heteroatoms. The van der Waals surface area contributed by atoms with E-state index in [0.717, 1.165) is 39.1 Å². The molecule has 2 aromatic rings. The fourth-order valence-electron chi connectivity index (χ4n) is 3.71. The number of carbonyl (C=O) groups is 1. The molecule has 27 heavy (non-hydrogen) atoms. The van der Waals surface area contributed by atoms with Crippen LogP contribution in [0.3, 0.4) is 0 Å². The molecular formula is C20H25N4O2S+. The van der Waals surface area contributed by atoms with Gasteiger partial charge in [-0.3, -0.25) is 4.79 Å². The molecule has 0 saturated carbocycles. The smallest absolute Gasteiger partial charge is 0.266 e. The van der Waals surface area contributed by atoms with Gasteiger partial charge in [0.25, 0.3) is 5.91 Å². The molecule has 0 radical (unpaired) electrons. The van der Waals surface area contributed by atoms with Crippen LogP contribution in [0.15, 0.2) is 47.5 Å². The van der Waals surface area contributed by atoms with Gasteiger partial charge in [-0.2, -0.15) is 0 Å². The van der Waals surface area contributed by atoms with Crippen molar-refractivity contribution in [2.45, 2.75) is 17.4 Å². The van der Waals surface area contributed by atoms with Crippen LogP contribution < -0.4 is 19.9 Å². The number of hydrogen-bond acceptors (Lipinski definition) is 5. The lowest BCUT2D eigenvalue weighted by atomic mass is 10.1. The summed E-state index contributed by atoms with van der Waals surface area (Å²) in [4.78, 5) is 21.7. The average molecular weight is 386 g/mol. The van der Waals surface area contributed by atoms with Crippen molar-refractivity contribution in [1.82, 2.24) is 4.98 Å². The Morgan fingerprint density at radius 2 is 2.07 bits per heavy atom. The van der Waals surface area contributed by atoms with E-state index in [1.165, 1.54) is 15.5 Å². The van der Waals surface area contributed by atoms with Gasteiger partial charge in [0, 0.05) is 17.5 Å². The van der Waals surface area contributed by atoms with Gasteiger partial charge >= 0.3 is 0 Å². The Kier molecular flexibility index (Phi) is 5.50. The largest absolute Gasteiger partial charge is 0.476 e. The number of piperazine rings is 1. The number of rotatable bonds is 5. The van der Waals surface area contributed by atoms with E-state index in [0.29, 0.717) is 11.6 Å². The quantitative estimate of drug-likeness (QED) is 0.760. The molecule has 0 unspecified atom stereocenters. The first-order valence-electron chi connectivity index (χ1n) is 9.38. The summed E-state index contributed by atoms with van der Waals surface area (Å²) in [6.07, 6.45) is 4.08. The fraction of sp³-hybridized carbons (Fsp3) is 0.400. The third-order valence-corrected chi connectivity index (χ3v) is 6.02. The van der Waals surface area contributed by atoms with Crippen molar-refractivity contribution in [3.8, 4) is 5.75 Å². The number of ether oxygens (including phenoxy) is 1. The maximum absolute atomic E-state index is 12.2. The van der Waals surface area contributed by atoms with E-state index >= 15 is 0 Å². The second-order valence-corrected chi connectivity index (χ2v) is 7.74. The van der Waals surface area contributed by atoms with Crippen molar-refractivity contribution in [2.75, 3.05) is 49.2 Å². The zero-order chi connectivity index (χ0) is 18.6. The number of quaternary nitrogens is 1. The molecule has 2 aliphatic rings. The topological polar surface area (TPSA) is 58.9 Å². The van der Waals surface area contributed by atoms with Crippen LogP contribution in [0, 0.1) is 0 Å². The summed E-state index contributed by atoms with van der Waals surface area (Å²) in [5, 5.41) is 2.84. The SMILES string of the molecule is CSc1ccccc1N1CC[NH+](CC[C@H]2Oc3cccnc3NC2=O)CC1. The predicted octanol–water partition coefficient (Wildman–Crippen LogP) is 1.30. The lowest BCUT2D eigenvalue weighted by Crippen LogP contribution is -3.15. The summed E-state index contributed by atoms with van der Waals surface area (Å²) in [5.74, 6) is 1.09. The van der Waals surface area contributed by atoms with E-state index in [1.807, 2.05) is 12.1 Å². The number of hydrogen-bond donors (Lipinski definition) is 2.